The summed E-state index contributed by atoms with van der Waals surface area (Å²) in [7, 11) is 0. The molecule has 0 radical (unpaired) electrons. The van der Waals surface area contributed by atoms with Crippen LogP contribution < -0.4 is 5.32 Å². The topological polar surface area (TPSA) is 37.2 Å². The van der Waals surface area contributed by atoms with Gasteiger partial charge in [-0.05, 0) is 43.3 Å². The van der Waals surface area contributed by atoms with Crippen LogP contribution in [0.25, 0.3) is 0 Å². The number of hydrogen-bond acceptors (Lipinski definition) is 2. The molecule has 0 amide bonds. The van der Waals surface area contributed by atoms with Crippen LogP contribution in [-0.4, -0.2) is 9.67 Å². The Bertz CT molecular complexity index is 445. The zero-order chi connectivity index (χ0) is 11.4. The fourth-order valence-electron chi connectivity index (χ4n) is 1.69. The SMILES string of the molecule is CCn1cccc1CNc1ccc(O)cc1. The predicted octanol–water partition coefficient (Wildman–Crippen LogP) is 2.83. The van der Waals surface area contributed by atoms with Crippen LogP contribution in [0.3, 0.4) is 0 Å². The first-order chi connectivity index (χ1) is 7.79. The highest BCUT2D eigenvalue weighted by atomic mass is 16.3. The van der Waals surface area contributed by atoms with Crippen LogP contribution in [0.5, 0.6) is 5.75 Å². The first kappa shape index (κ1) is 10.6. The molecule has 0 aliphatic carbocycles. The molecule has 1 aromatic heterocycles. The highest BCUT2D eigenvalue weighted by Gasteiger charge is 1.98. The van der Waals surface area contributed by atoms with Crippen molar-refractivity contribution in [2.24, 2.45) is 0 Å². The van der Waals surface area contributed by atoms with Crippen molar-refractivity contribution in [1.29, 1.82) is 0 Å². The van der Waals surface area contributed by atoms with Gasteiger partial charge in [-0.3, -0.25) is 0 Å². The molecule has 1 heterocycles. The third-order valence-corrected chi connectivity index (χ3v) is 2.61. The number of phenols is 1. The molecule has 0 saturated carbocycles. The molecule has 0 atom stereocenters. The number of anilines is 1. The maximum atomic E-state index is 9.16. The van der Waals surface area contributed by atoms with Crippen molar-refractivity contribution in [2.75, 3.05) is 5.32 Å². The highest BCUT2D eigenvalue weighted by Crippen LogP contribution is 2.14. The van der Waals surface area contributed by atoms with Gasteiger partial charge >= 0.3 is 0 Å². The molecule has 3 heteroatoms. The normalized spacial score (nSPS) is 10.3. The average Bonchev–Trinajstić information content (AvgIpc) is 2.76. The van der Waals surface area contributed by atoms with Crippen LogP contribution >= 0.6 is 0 Å². The first-order valence-corrected chi connectivity index (χ1v) is 5.46. The Kier molecular flexibility index (Phi) is 3.15. The summed E-state index contributed by atoms with van der Waals surface area (Å²) in [5.74, 6) is 0.294. The Morgan fingerprint density at radius 3 is 2.62 bits per heavy atom. The van der Waals surface area contributed by atoms with Gasteiger partial charge in [0.25, 0.3) is 0 Å². The molecule has 0 fully saturated rings. The maximum absolute atomic E-state index is 9.16. The van der Waals surface area contributed by atoms with E-state index in [2.05, 4.69) is 35.1 Å². The molecule has 0 saturated heterocycles. The van der Waals surface area contributed by atoms with Gasteiger partial charge in [0.15, 0.2) is 0 Å². The number of nitrogens with one attached hydrogen (secondary N) is 1. The van der Waals surface area contributed by atoms with Crippen molar-refractivity contribution in [3.63, 3.8) is 0 Å². The third kappa shape index (κ3) is 2.37. The van der Waals surface area contributed by atoms with Crippen molar-refractivity contribution >= 4 is 5.69 Å². The molecular weight excluding hydrogens is 200 g/mol. The van der Waals surface area contributed by atoms with E-state index in [0.717, 1.165) is 18.8 Å². The number of nitrogens with zero attached hydrogens (tertiary/aromatic N) is 1. The fraction of sp³-hybridized carbons (Fsp3) is 0.231. The second-order valence-electron chi connectivity index (χ2n) is 3.69. The Morgan fingerprint density at radius 1 is 1.19 bits per heavy atom. The Morgan fingerprint density at radius 2 is 1.94 bits per heavy atom. The number of aromatic hydroxyl groups is 1. The summed E-state index contributed by atoms with van der Waals surface area (Å²) in [5, 5.41) is 12.5. The monoisotopic (exact) mass is 216 g/mol. The van der Waals surface area contributed by atoms with Crippen LogP contribution in [0, 0.1) is 0 Å². The summed E-state index contributed by atoms with van der Waals surface area (Å²) in [6.07, 6.45) is 2.08. The zero-order valence-electron chi connectivity index (χ0n) is 9.35. The number of aromatic nitrogens is 1. The van der Waals surface area contributed by atoms with Gasteiger partial charge in [-0.25, -0.2) is 0 Å². The molecule has 0 aliphatic heterocycles. The highest BCUT2D eigenvalue weighted by molar-refractivity contribution is 5.46. The summed E-state index contributed by atoms with van der Waals surface area (Å²) >= 11 is 0. The summed E-state index contributed by atoms with van der Waals surface area (Å²) in [5.41, 5.74) is 2.28. The smallest absolute Gasteiger partial charge is 0.115 e. The van der Waals surface area contributed by atoms with E-state index in [1.165, 1.54) is 5.69 Å². The minimum Gasteiger partial charge on any atom is -0.508 e. The Labute approximate surface area is 95.3 Å². The second kappa shape index (κ2) is 4.75. The van der Waals surface area contributed by atoms with Crippen molar-refractivity contribution in [1.82, 2.24) is 4.57 Å². The predicted molar refractivity (Wildman–Crippen MR) is 65.5 cm³/mol. The number of benzene rings is 1. The summed E-state index contributed by atoms with van der Waals surface area (Å²) in [6, 6.07) is 11.3. The van der Waals surface area contributed by atoms with E-state index in [1.807, 2.05) is 12.1 Å². The molecule has 3 nitrogen and oxygen atoms in total. The lowest BCUT2D eigenvalue weighted by atomic mass is 10.3. The number of aryl methyl sites for hydroxylation is 1. The molecule has 2 rings (SSSR count). The van der Waals surface area contributed by atoms with Gasteiger partial charge in [-0.15, -0.1) is 0 Å². The molecule has 0 unspecified atom stereocenters. The third-order valence-electron chi connectivity index (χ3n) is 2.61. The van der Waals surface area contributed by atoms with Crippen molar-refractivity contribution in [3.8, 4) is 5.75 Å². The van der Waals surface area contributed by atoms with E-state index in [0.29, 0.717) is 5.75 Å². The lowest BCUT2D eigenvalue weighted by Gasteiger charge is -2.09. The van der Waals surface area contributed by atoms with Crippen LogP contribution in [0.2, 0.25) is 0 Å². The van der Waals surface area contributed by atoms with Crippen LogP contribution in [-0.2, 0) is 13.1 Å². The average molecular weight is 216 g/mol. The van der Waals surface area contributed by atoms with Crippen molar-refractivity contribution in [3.05, 3.63) is 48.3 Å². The van der Waals surface area contributed by atoms with E-state index in [9.17, 15) is 0 Å². The number of phenolic OH excluding ortho intramolecular Hbond substituents is 1. The van der Waals surface area contributed by atoms with E-state index in [4.69, 9.17) is 5.11 Å². The maximum Gasteiger partial charge on any atom is 0.115 e. The Hall–Kier alpha value is -1.90. The second-order valence-corrected chi connectivity index (χ2v) is 3.69. The first-order valence-electron chi connectivity index (χ1n) is 5.46. The molecule has 1 aromatic carbocycles. The quantitative estimate of drug-likeness (QED) is 0.771. The Balaban J connectivity index is 1.99. The van der Waals surface area contributed by atoms with E-state index in [-0.39, 0.29) is 0 Å². The fourth-order valence-corrected chi connectivity index (χ4v) is 1.69. The minimum absolute atomic E-state index is 0.294. The molecule has 0 spiro atoms. The summed E-state index contributed by atoms with van der Waals surface area (Å²) in [6.45, 7) is 3.91. The molecule has 0 aliphatic rings. The lowest BCUT2D eigenvalue weighted by Crippen LogP contribution is -2.05. The lowest BCUT2D eigenvalue weighted by molar-refractivity contribution is 0.475. The van der Waals surface area contributed by atoms with E-state index in [1.54, 1.807) is 12.1 Å². The van der Waals surface area contributed by atoms with Gasteiger partial charge in [0.05, 0.1) is 6.54 Å². The summed E-state index contributed by atoms with van der Waals surface area (Å²) < 4.78 is 2.20. The van der Waals surface area contributed by atoms with Gasteiger partial charge in [0.1, 0.15) is 5.75 Å². The largest absolute Gasteiger partial charge is 0.508 e. The molecule has 2 aromatic rings. The molecule has 84 valence electrons. The molecule has 0 bridgehead atoms. The van der Waals surface area contributed by atoms with Crippen LogP contribution in [0.15, 0.2) is 42.6 Å². The molecule has 16 heavy (non-hydrogen) atoms. The van der Waals surface area contributed by atoms with Gasteiger partial charge in [0, 0.05) is 24.1 Å². The van der Waals surface area contributed by atoms with Crippen molar-refractivity contribution < 1.29 is 5.11 Å². The standard InChI is InChI=1S/C13H16N2O/c1-2-15-9-3-4-12(15)10-14-11-5-7-13(16)8-6-11/h3-9,14,16H,2,10H2,1H3. The zero-order valence-corrected chi connectivity index (χ0v) is 9.35. The minimum atomic E-state index is 0.294. The van der Waals surface area contributed by atoms with Crippen molar-refractivity contribution in [2.45, 2.75) is 20.0 Å². The molecular formula is C13H16N2O. The molecule has 2 N–H and O–H groups in total. The van der Waals surface area contributed by atoms with Crippen LogP contribution in [0.4, 0.5) is 5.69 Å². The van der Waals surface area contributed by atoms with E-state index >= 15 is 0 Å². The number of rotatable bonds is 4. The van der Waals surface area contributed by atoms with Gasteiger partial charge in [-0.1, -0.05) is 0 Å². The van der Waals surface area contributed by atoms with Crippen LogP contribution in [0.1, 0.15) is 12.6 Å². The van der Waals surface area contributed by atoms with Gasteiger partial charge in [0.2, 0.25) is 0 Å². The van der Waals surface area contributed by atoms with Gasteiger partial charge < -0.3 is 15.0 Å². The number of hydrogen-bond donors (Lipinski definition) is 2. The van der Waals surface area contributed by atoms with Gasteiger partial charge in [-0.2, -0.15) is 0 Å². The summed E-state index contributed by atoms with van der Waals surface area (Å²) in [4.78, 5) is 0. The van der Waals surface area contributed by atoms with E-state index < -0.39 is 0 Å².